The van der Waals surface area contributed by atoms with Crippen molar-refractivity contribution in [2.45, 2.75) is 36.8 Å². The van der Waals surface area contributed by atoms with Gasteiger partial charge in [-0.05, 0) is 73.0 Å². The summed E-state index contributed by atoms with van der Waals surface area (Å²) in [6, 6.07) is 32.5. The summed E-state index contributed by atoms with van der Waals surface area (Å²) in [5.74, 6) is 0. The first kappa shape index (κ1) is 23.4. The maximum atomic E-state index is 5.00. The van der Waals surface area contributed by atoms with Crippen LogP contribution in [0, 0.1) is 6.92 Å². The average molecular weight is 523 g/mol. The first-order valence-electron chi connectivity index (χ1n) is 12.3. The molecule has 0 fully saturated rings. The molecule has 0 aliphatic heterocycles. The smallest absolute Gasteiger partial charge is 0.124 e. The second kappa shape index (κ2) is 10.2. The van der Waals surface area contributed by atoms with E-state index in [0.717, 1.165) is 33.9 Å². The number of para-hydroxylation sites is 2. The van der Waals surface area contributed by atoms with E-state index >= 15 is 0 Å². The minimum atomic E-state index is 0.360. The van der Waals surface area contributed by atoms with Gasteiger partial charge in [-0.2, -0.15) is 0 Å². The molecular formula is C31H26N2S3. The van der Waals surface area contributed by atoms with Crippen LogP contribution in [0.4, 0.5) is 0 Å². The van der Waals surface area contributed by atoms with Gasteiger partial charge in [-0.3, -0.25) is 0 Å². The number of thiazole rings is 2. The highest BCUT2D eigenvalue weighted by Gasteiger charge is 2.19. The predicted octanol–water partition coefficient (Wildman–Crippen LogP) is 10.2. The molecule has 2 aromatic heterocycles. The molecule has 0 aliphatic rings. The van der Waals surface area contributed by atoms with Crippen molar-refractivity contribution in [1.29, 1.82) is 0 Å². The largest absolute Gasteiger partial charge is 0.236 e. The molecule has 4 aromatic carbocycles. The predicted molar refractivity (Wildman–Crippen MR) is 158 cm³/mol. The molecule has 6 aromatic rings. The van der Waals surface area contributed by atoms with Gasteiger partial charge in [-0.25, -0.2) is 9.97 Å². The normalized spacial score (nSPS) is 12.4. The SMILES string of the molecule is CCCC(Sc1ccccc1C)c1cc(-c2nc3ccccc3s2)cc(-c2nc3ccccc3s2)c1. The van der Waals surface area contributed by atoms with Gasteiger partial charge in [-0.15, -0.1) is 34.4 Å². The molecule has 0 radical (unpaired) electrons. The highest BCUT2D eigenvalue weighted by molar-refractivity contribution is 7.99. The molecule has 0 spiro atoms. The molecule has 1 atom stereocenters. The van der Waals surface area contributed by atoms with Crippen molar-refractivity contribution < 1.29 is 0 Å². The van der Waals surface area contributed by atoms with Crippen molar-refractivity contribution in [1.82, 2.24) is 9.97 Å². The molecule has 36 heavy (non-hydrogen) atoms. The van der Waals surface area contributed by atoms with E-state index in [1.165, 1.54) is 36.5 Å². The lowest BCUT2D eigenvalue weighted by Gasteiger charge is -2.19. The Labute approximate surface area is 224 Å². The van der Waals surface area contributed by atoms with E-state index in [1.807, 2.05) is 11.8 Å². The third-order valence-electron chi connectivity index (χ3n) is 6.32. The van der Waals surface area contributed by atoms with Crippen LogP contribution in [0.3, 0.4) is 0 Å². The third kappa shape index (κ3) is 4.71. The minimum Gasteiger partial charge on any atom is -0.236 e. The molecule has 0 saturated carbocycles. The molecule has 178 valence electrons. The summed E-state index contributed by atoms with van der Waals surface area (Å²) in [7, 11) is 0. The Balaban J connectivity index is 1.50. The Morgan fingerprint density at radius 2 is 1.28 bits per heavy atom. The number of fused-ring (bicyclic) bond motifs is 2. The van der Waals surface area contributed by atoms with Gasteiger partial charge in [0.05, 0.1) is 20.4 Å². The Bertz CT molecular complexity index is 1510. The minimum absolute atomic E-state index is 0.360. The number of hydrogen-bond donors (Lipinski definition) is 0. The Morgan fingerprint density at radius 3 is 1.83 bits per heavy atom. The van der Waals surface area contributed by atoms with Crippen LogP contribution in [0.2, 0.25) is 0 Å². The second-order valence-corrected chi connectivity index (χ2v) is 12.3. The van der Waals surface area contributed by atoms with Crippen LogP contribution in [-0.2, 0) is 0 Å². The van der Waals surface area contributed by atoms with Gasteiger partial charge < -0.3 is 0 Å². The first-order chi connectivity index (χ1) is 17.7. The van der Waals surface area contributed by atoms with E-state index in [1.54, 1.807) is 22.7 Å². The molecule has 1 unspecified atom stereocenters. The van der Waals surface area contributed by atoms with E-state index in [-0.39, 0.29) is 0 Å². The number of rotatable bonds is 7. The number of nitrogens with zero attached hydrogens (tertiary/aromatic N) is 2. The molecule has 0 amide bonds. The van der Waals surface area contributed by atoms with Crippen LogP contribution in [0.25, 0.3) is 41.6 Å². The molecule has 6 rings (SSSR count). The van der Waals surface area contributed by atoms with Crippen LogP contribution in [0.5, 0.6) is 0 Å². The van der Waals surface area contributed by atoms with Gasteiger partial charge in [0, 0.05) is 21.3 Å². The van der Waals surface area contributed by atoms with Crippen LogP contribution in [0.1, 0.15) is 36.1 Å². The quantitative estimate of drug-likeness (QED) is 0.195. The summed E-state index contributed by atoms with van der Waals surface area (Å²) >= 11 is 5.51. The van der Waals surface area contributed by atoms with Crippen molar-refractivity contribution in [2.24, 2.45) is 0 Å². The standard InChI is InChI=1S/C31H26N2S3/c1-3-10-27(34-26-14-7-4-11-20(26)2)21-17-22(30-32-24-12-5-8-15-28(24)35-30)19-23(18-21)31-33-25-13-6-9-16-29(25)36-31/h4-9,11-19,27H,3,10H2,1-2H3. The van der Waals surface area contributed by atoms with Crippen molar-refractivity contribution in [3.63, 3.8) is 0 Å². The maximum absolute atomic E-state index is 5.00. The number of aryl methyl sites for hydroxylation is 1. The molecular weight excluding hydrogens is 497 g/mol. The second-order valence-electron chi connectivity index (χ2n) is 8.98. The number of aromatic nitrogens is 2. The number of hydrogen-bond acceptors (Lipinski definition) is 5. The topological polar surface area (TPSA) is 25.8 Å². The monoisotopic (exact) mass is 522 g/mol. The van der Waals surface area contributed by atoms with E-state index < -0.39 is 0 Å². The lowest BCUT2D eigenvalue weighted by Crippen LogP contribution is -1.97. The fraction of sp³-hybridized carbons (Fsp3) is 0.161. The molecule has 0 bridgehead atoms. The number of thioether (sulfide) groups is 1. The summed E-state index contributed by atoms with van der Waals surface area (Å²) in [4.78, 5) is 11.3. The average Bonchev–Trinajstić information content (AvgIpc) is 3.54. The molecule has 0 saturated heterocycles. The van der Waals surface area contributed by atoms with Gasteiger partial charge in [0.25, 0.3) is 0 Å². The Hall–Kier alpha value is -2.99. The van der Waals surface area contributed by atoms with Gasteiger partial charge in [0.15, 0.2) is 0 Å². The van der Waals surface area contributed by atoms with Crippen molar-refractivity contribution >= 4 is 54.9 Å². The zero-order chi connectivity index (χ0) is 24.5. The zero-order valence-corrected chi connectivity index (χ0v) is 22.7. The fourth-order valence-electron chi connectivity index (χ4n) is 4.47. The lowest BCUT2D eigenvalue weighted by molar-refractivity contribution is 0.778. The van der Waals surface area contributed by atoms with E-state index in [9.17, 15) is 0 Å². The Kier molecular flexibility index (Phi) is 6.61. The van der Waals surface area contributed by atoms with Gasteiger partial charge in [0.1, 0.15) is 10.0 Å². The summed E-state index contributed by atoms with van der Waals surface area (Å²) < 4.78 is 2.44. The van der Waals surface area contributed by atoms with Crippen LogP contribution in [-0.4, -0.2) is 9.97 Å². The third-order valence-corrected chi connectivity index (χ3v) is 10.00. The number of benzene rings is 4. The van der Waals surface area contributed by atoms with Gasteiger partial charge >= 0.3 is 0 Å². The van der Waals surface area contributed by atoms with Crippen molar-refractivity contribution in [3.8, 4) is 21.1 Å². The molecule has 0 N–H and O–H groups in total. The van der Waals surface area contributed by atoms with E-state index in [0.29, 0.717) is 5.25 Å². The van der Waals surface area contributed by atoms with E-state index in [4.69, 9.17) is 9.97 Å². The Morgan fingerprint density at radius 1 is 0.722 bits per heavy atom. The molecule has 2 nitrogen and oxygen atoms in total. The van der Waals surface area contributed by atoms with Gasteiger partial charge in [-0.1, -0.05) is 55.8 Å². The lowest BCUT2D eigenvalue weighted by atomic mass is 10.0. The summed E-state index contributed by atoms with van der Waals surface area (Å²) in [5, 5.41) is 2.49. The van der Waals surface area contributed by atoms with Crippen molar-refractivity contribution in [2.75, 3.05) is 0 Å². The summed E-state index contributed by atoms with van der Waals surface area (Å²) in [6.45, 7) is 4.48. The van der Waals surface area contributed by atoms with Gasteiger partial charge in [0.2, 0.25) is 0 Å². The van der Waals surface area contributed by atoms with Crippen molar-refractivity contribution in [3.05, 3.63) is 102 Å². The van der Waals surface area contributed by atoms with Crippen LogP contribution >= 0.6 is 34.4 Å². The van der Waals surface area contributed by atoms with Crippen LogP contribution < -0.4 is 0 Å². The van der Waals surface area contributed by atoms with Crippen LogP contribution in [0.15, 0.2) is 95.9 Å². The highest BCUT2D eigenvalue weighted by Crippen LogP contribution is 2.44. The summed E-state index contributed by atoms with van der Waals surface area (Å²) in [5.41, 5.74) is 7.14. The summed E-state index contributed by atoms with van der Waals surface area (Å²) in [6.07, 6.45) is 2.24. The first-order valence-corrected chi connectivity index (χ1v) is 14.8. The molecule has 0 aliphatic carbocycles. The molecule has 2 heterocycles. The fourth-order valence-corrected chi connectivity index (χ4v) is 7.72. The maximum Gasteiger partial charge on any atom is 0.124 e. The molecule has 5 heteroatoms. The van der Waals surface area contributed by atoms with E-state index in [2.05, 4.69) is 105 Å². The zero-order valence-electron chi connectivity index (χ0n) is 20.3. The highest BCUT2D eigenvalue weighted by atomic mass is 32.2.